The van der Waals surface area contributed by atoms with Crippen molar-refractivity contribution in [3.05, 3.63) is 64.0 Å². The monoisotopic (exact) mass is 373 g/mol. The van der Waals surface area contributed by atoms with Crippen LogP contribution in [0.3, 0.4) is 0 Å². The molecule has 0 spiro atoms. The maximum Gasteiger partial charge on any atom is 0.277 e. The van der Waals surface area contributed by atoms with Crippen molar-refractivity contribution < 1.29 is 4.79 Å². The van der Waals surface area contributed by atoms with Crippen LogP contribution in [0.25, 0.3) is 0 Å². The number of benzene rings is 1. The van der Waals surface area contributed by atoms with Gasteiger partial charge in [0.05, 0.1) is 11.0 Å². The Kier molecular flexibility index (Phi) is 4.29. The van der Waals surface area contributed by atoms with Gasteiger partial charge in [0.25, 0.3) is 5.91 Å². The predicted molar refractivity (Wildman–Crippen MR) is 91.4 cm³/mol. The van der Waals surface area contributed by atoms with Crippen LogP contribution in [0.2, 0.25) is 0 Å². The van der Waals surface area contributed by atoms with Crippen LogP contribution in [-0.4, -0.2) is 25.5 Å². The van der Waals surface area contributed by atoms with Crippen LogP contribution in [0, 0.1) is 6.92 Å². The normalized spacial score (nSPS) is 10.7. The van der Waals surface area contributed by atoms with Gasteiger partial charge >= 0.3 is 0 Å². The molecule has 0 aliphatic heterocycles. The first-order valence-corrected chi connectivity index (χ1v) is 7.90. The lowest BCUT2D eigenvalue weighted by molar-refractivity contribution is 0.102. The van der Waals surface area contributed by atoms with Crippen molar-refractivity contribution in [1.29, 1.82) is 0 Å². The molecule has 7 heteroatoms. The van der Waals surface area contributed by atoms with Gasteiger partial charge in [-0.2, -0.15) is 10.2 Å². The molecule has 2 aromatic heterocycles. The Balaban J connectivity index is 1.73. The Morgan fingerprint density at radius 1 is 1.22 bits per heavy atom. The molecular formula is C16H16BrN5O. The number of aromatic nitrogens is 4. The van der Waals surface area contributed by atoms with Gasteiger partial charge in [-0.05, 0) is 34.5 Å². The van der Waals surface area contributed by atoms with Gasteiger partial charge in [0.1, 0.15) is 0 Å². The molecule has 0 atom stereocenters. The molecule has 0 radical (unpaired) electrons. The highest BCUT2D eigenvalue weighted by molar-refractivity contribution is 9.10. The van der Waals surface area contributed by atoms with E-state index in [0.717, 1.165) is 10.0 Å². The van der Waals surface area contributed by atoms with E-state index >= 15 is 0 Å². The molecule has 6 nitrogen and oxygen atoms in total. The fraction of sp³-hybridized carbons (Fsp3) is 0.188. The molecule has 3 aromatic rings. The minimum Gasteiger partial charge on any atom is -0.303 e. The second-order valence-corrected chi connectivity index (χ2v) is 6.19. The number of hydrogen-bond acceptors (Lipinski definition) is 3. The molecule has 0 saturated carbocycles. The Morgan fingerprint density at radius 2 is 1.96 bits per heavy atom. The van der Waals surface area contributed by atoms with Gasteiger partial charge in [0.2, 0.25) is 0 Å². The third-order valence-electron chi connectivity index (χ3n) is 3.36. The standard InChI is InChI=1S/C16H16BrN5O/c1-11-3-5-12(6-4-11)9-22-10-13(17)15(20-22)18-16(23)14-7-8-21(2)19-14/h3-8,10H,9H2,1-2H3,(H,18,20,23). The highest BCUT2D eigenvalue weighted by atomic mass is 79.9. The van der Waals surface area contributed by atoms with Gasteiger partial charge in [0, 0.05) is 19.4 Å². The number of aryl methyl sites for hydroxylation is 2. The predicted octanol–water partition coefficient (Wildman–Crippen LogP) is 2.99. The molecule has 0 saturated heterocycles. The number of carbonyl (C=O) groups excluding carboxylic acids is 1. The summed E-state index contributed by atoms with van der Waals surface area (Å²) >= 11 is 3.42. The van der Waals surface area contributed by atoms with Gasteiger partial charge < -0.3 is 5.32 Å². The Morgan fingerprint density at radius 3 is 2.61 bits per heavy atom. The second kappa shape index (κ2) is 6.37. The minimum atomic E-state index is -0.285. The molecule has 1 N–H and O–H groups in total. The van der Waals surface area contributed by atoms with Crippen molar-refractivity contribution >= 4 is 27.7 Å². The lowest BCUT2D eigenvalue weighted by Crippen LogP contribution is -2.14. The highest BCUT2D eigenvalue weighted by Crippen LogP contribution is 2.21. The van der Waals surface area contributed by atoms with Crippen LogP contribution in [0.1, 0.15) is 21.6 Å². The molecule has 0 aliphatic rings. The molecule has 3 rings (SSSR count). The fourth-order valence-electron chi connectivity index (χ4n) is 2.15. The number of nitrogens with one attached hydrogen (secondary N) is 1. The van der Waals surface area contributed by atoms with Gasteiger partial charge in [-0.25, -0.2) is 0 Å². The van der Waals surface area contributed by atoms with Crippen molar-refractivity contribution in [3.63, 3.8) is 0 Å². The molecule has 0 aliphatic carbocycles. The number of carbonyl (C=O) groups is 1. The van der Waals surface area contributed by atoms with E-state index < -0.39 is 0 Å². The van der Waals surface area contributed by atoms with Crippen molar-refractivity contribution in [2.45, 2.75) is 13.5 Å². The average Bonchev–Trinajstić information content (AvgIpc) is 3.08. The smallest absolute Gasteiger partial charge is 0.277 e. The Bertz CT molecular complexity index is 835. The van der Waals surface area contributed by atoms with Crippen LogP contribution >= 0.6 is 15.9 Å². The third kappa shape index (κ3) is 3.68. The average molecular weight is 374 g/mol. The zero-order chi connectivity index (χ0) is 16.4. The summed E-state index contributed by atoms with van der Waals surface area (Å²) in [6, 6.07) is 9.93. The molecule has 0 fully saturated rings. The molecule has 0 unspecified atom stereocenters. The highest BCUT2D eigenvalue weighted by Gasteiger charge is 2.14. The summed E-state index contributed by atoms with van der Waals surface area (Å²) in [6.45, 7) is 2.69. The van der Waals surface area contributed by atoms with Crippen molar-refractivity contribution in [2.75, 3.05) is 5.32 Å². The second-order valence-electron chi connectivity index (χ2n) is 5.34. The minimum absolute atomic E-state index is 0.285. The van der Waals surface area contributed by atoms with E-state index in [1.54, 1.807) is 28.7 Å². The molecule has 2 heterocycles. The topological polar surface area (TPSA) is 64.7 Å². The van der Waals surface area contributed by atoms with E-state index in [0.29, 0.717) is 18.1 Å². The molecule has 0 bridgehead atoms. The summed E-state index contributed by atoms with van der Waals surface area (Å²) in [5.41, 5.74) is 2.72. The maximum absolute atomic E-state index is 12.1. The summed E-state index contributed by atoms with van der Waals surface area (Å²) in [4.78, 5) is 12.1. The molecule has 1 aromatic carbocycles. The van der Waals surface area contributed by atoms with E-state index in [4.69, 9.17) is 0 Å². The number of anilines is 1. The van der Waals surface area contributed by atoms with E-state index in [1.807, 2.05) is 6.20 Å². The van der Waals surface area contributed by atoms with Crippen molar-refractivity contribution in [3.8, 4) is 0 Å². The quantitative estimate of drug-likeness (QED) is 0.764. The molecular weight excluding hydrogens is 358 g/mol. The van der Waals surface area contributed by atoms with E-state index in [9.17, 15) is 4.79 Å². The van der Waals surface area contributed by atoms with Crippen LogP contribution in [0.4, 0.5) is 5.82 Å². The zero-order valence-electron chi connectivity index (χ0n) is 12.8. The van der Waals surface area contributed by atoms with Crippen molar-refractivity contribution in [1.82, 2.24) is 19.6 Å². The van der Waals surface area contributed by atoms with Crippen molar-refractivity contribution in [2.24, 2.45) is 7.05 Å². The summed E-state index contributed by atoms with van der Waals surface area (Å²) in [6.07, 6.45) is 3.56. The zero-order valence-corrected chi connectivity index (χ0v) is 14.4. The first kappa shape index (κ1) is 15.5. The summed E-state index contributed by atoms with van der Waals surface area (Å²) in [5, 5.41) is 11.2. The third-order valence-corrected chi connectivity index (χ3v) is 3.94. The summed E-state index contributed by atoms with van der Waals surface area (Å²) in [5.74, 6) is 0.194. The molecule has 23 heavy (non-hydrogen) atoms. The summed E-state index contributed by atoms with van der Waals surface area (Å²) in [7, 11) is 1.77. The van der Waals surface area contributed by atoms with Gasteiger partial charge in [-0.1, -0.05) is 29.8 Å². The van der Waals surface area contributed by atoms with Gasteiger partial charge in [0.15, 0.2) is 11.5 Å². The molecule has 118 valence electrons. The SMILES string of the molecule is Cc1ccc(Cn2cc(Br)c(NC(=O)c3ccn(C)n3)n2)cc1. The number of halogens is 1. The van der Waals surface area contributed by atoms with Gasteiger partial charge in [-0.3, -0.25) is 14.2 Å². The van der Waals surface area contributed by atoms with E-state index in [2.05, 4.69) is 62.6 Å². The van der Waals surface area contributed by atoms with Crippen LogP contribution in [0.5, 0.6) is 0 Å². The van der Waals surface area contributed by atoms with Crippen LogP contribution < -0.4 is 5.32 Å². The number of rotatable bonds is 4. The number of hydrogen-bond donors (Lipinski definition) is 1. The molecule has 1 amide bonds. The largest absolute Gasteiger partial charge is 0.303 e. The van der Waals surface area contributed by atoms with Gasteiger partial charge in [-0.15, -0.1) is 0 Å². The lowest BCUT2D eigenvalue weighted by Gasteiger charge is -2.02. The first-order chi connectivity index (χ1) is 11.0. The van der Waals surface area contributed by atoms with E-state index in [-0.39, 0.29) is 5.91 Å². The lowest BCUT2D eigenvalue weighted by atomic mass is 10.1. The van der Waals surface area contributed by atoms with E-state index in [1.165, 1.54) is 5.56 Å². The van der Waals surface area contributed by atoms with Crippen LogP contribution in [0.15, 0.2) is 47.2 Å². The number of amides is 1. The Hall–Kier alpha value is -2.41. The Labute approximate surface area is 142 Å². The van der Waals surface area contributed by atoms with Crippen LogP contribution in [-0.2, 0) is 13.6 Å². The maximum atomic E-state index is 12.1. The fourth-order valence-corrected chi connectivity index (χ4v) is 2.57. The number of nitrogens with zero attached hydrogens (tertiary/aromatic N) is 4. The summed E-state index contributed by atoms with van der Waals surface area (Å²) < 4.78 is 4.09. The first-order valence-electron chi connectivity index (χ1n) is 7.11.